The Morgan fingerprint density at radius 2 is 1.76 bits per heavy atom. The number of nitrogens with one attached hydrogen (secondary N) is 1. The standard InChI is InChI=1S/C21H28N2O2/c1-21(2,23-11-5-4-6-12-23)15-22-20(24)18-8-7-17-14-19(25-3)10-9-16(17)13-18/h7-10,13-14H,4-6,11-12,15H2,1-3H3,(H,22,24). The third kappa shape index (κ3) is 4.13. The summed E-state index contributed by atoms with van der Waals surface area (Å²) in [4.78, 5) is 15.1. The van der Waals surface area contributed by atoms with Crippen molar-refractivity contribution in [3.8, 4) is 5.75 Å². The van der Waals surface area contributed by atoms with Crippen molar-refractivity contribution in [2.45, 2.75) is 38.6 Å². The van der Waals surface area contributed by atoms with Gasteiger partial charge >= 0.3 is 0 Å². The highest BCUT2D eigenvalue weighted by Gasteiger charge is 2.28. The van der Waals surface area contributed by atoms with Gasteiger partial charge in [-0.1, -0.05) is 18.6 Å². The van der Waals surface area contributed by atoms with Crippen LogP contribution in [0.25, 0.3) is 10.8 Å². The number of hydrogen-bond donors (Lipinski definition) is 1. The Morgan fingerprint density at radius 3 is 2.48 bits per heavy atom. The monoisotopic (exact) mass is 340 g/mol. The van der Waals surface area contributed by atoms with Crippen LogP contribution in [0, 0.1) is 0 Å². The van der Waals surface area contributed by atoms with E-state index in [1.165, 1.54) is 19.3 Å². The molecule has 1 N–H and O–H groups in total. The molecular weight excluding hydrogens is 312 g/mol. The minimum Gasteiger partial charge on any atom is -0.497 e. The molecule has 1 amide bonds. The minimum atomic E-state index is -0.0136. The Morgan fingerprint density at radius 1 is 1.08 bits per heavy atom. The first-order valence-corrected chi connectivity index (χ1v) is 9.11. The molecule has 1 aliphatic heterocycles. The number of rotatable bonds is 5. The molecule has 0 spiro atoms. The Hall–Kier alpha value is -2.07. The number of carbonyl (C=O) groups excluding carboxylic acids is 1. The van der Waals surface area contributed by atoms with Gasteiger partial charge in [0.1, 0.15) is 5.75 Å². The van der Waals surface area contributed by atoms with Crippen molar-refractivity contribution >= 4 is 16.7 Å². The van der Waals surface area contributed by atoms with Crippen molar-refractivity contribution < 1.29 is 9.53 Å². The van der Waals surface area contributed by atoms with Crippen LogP contribution >= 0.6 is 0 Å². The second-order valence-corrected chi connectivity index (χ2v) is 7.47. The summed E-state index contributed by atoms with van der Waals surface area (Å²) in [5, 5.41) is 5.24. The number of hydrogen-bond acceptors (Lipinski definition) is 3. The highest BCUT2D eigenvalue weighted by molar-refractivity contribution is 5.98. The van der Waals surface area contributed by atoms with E-state index in [4.69, 9.17) is 4.74 Å². The molecule has 1 heterocycles. The van der Waals surface area contributed by atoms with Crippen LogP contribution in [0.3, 0.4) is 0 Å². The van der Waals surface area contributed by atoms with Gasteiger partial charge in [0.25, 0.3) is 5.91 Å². The van der Waals surface area contributed by atoms with Gasteiger partial charge in [0.15, 0.2) is 0 Å². The largest absolute Gasteiger partial charge is 0.497 e. The molecule has 134 valence electrons. The highest BCUT2D eigenvalue weighted by atomic mass is 16.5. The van der Waals surface area contributed by atoms with Crippen LogP contribution in [0.1, 0.15) is 43.5 Å². The van der Waals surface area contributed by atoms with Crippen LogP contribution < -0.4 is 10.1 Å². The van der Waals surface area contributed by atoms with E-state index >= 15 is 0 Å². The van der Waals surface area contributed by atoms with Crippen LogP contribution in [0.15, 0.2) is 36.4 Å². The molecule has 4 nitrogen and oxygen atoms in total. The van der Waals surface area contributed by atoms with Crippen LogP contribution in [-0.4, -0.2) is 43.1 Å². The summed E-state index contributed by atoms with van der Waals surface area (Å²) >= 11 is 0. The van der Waals surface area contributed by atoms with Gasteiger partial charge in [-0.15, -0.1) is 0 Å². The van der Waals surface area contributed by atoms with Gasteiger partial charge in [0.05, 0.1) is 7.11 Å². The lowest BCUT2D eigenvalue weighted by molar-refractivity contribution is 0.0797. The maximum Gasteiger partial charge on any atom is 0.251 e. The lowest BCUT2D eigenvalue weighted by Gasteiger charge is -2.41. The summed E-state index contributed by atoms with van der Waals surface area (Å²) in [6.45, 7) is 7.34. The maximum absolute atomic E-state index is 12.6. The average Bonchev–Trinajstić information content (AvgIpc) is 2.66. The van der Waals surface area contributed by atoms with Gasteiger partial charge in [-0.05, 0) is 74.8 Å². The van der Waals surface area contributed by atoms with E-state index in [9.17, 15) is 4.79 Å². The van der Waals surface area contributed by atoms with E-state index in [2.05, 4.69) is 24.1 Å². The van der Waals surface area contributed by atoms with E-state index in [0.29, 0.717) is 12.1 Å². The molecule has 1 fully saturated rings. The Bertz CT molecular complexity index is 749. The Balaban J connectivity index is 1.67. The number of benzene rings is 2. The molecule has 1 aliphatic rings. The van der Waals surface area contributed by atoms with Crippen molar-refractivity contribution in [3.05, 3.63) is 42.0 Å². The molecule has 1 saturated heterocycles. The molecule has 2 aromatic carbocycles. The zero-order chi connectivity index (χ0) is 17.9. The SMILES string of the molecule is COc1ccc2cc(C(=O)NCC(C)(C)N3CCCCC3)ccc2c1. The smallest absolute Gasteiger partial charge is 0.251 e. The molecule has 4 heteroatoms. The summed E-state index contributed by atoms with van der Waals surface area (Å²) in [6, 6.07) is 11.7. The van der Waals surface area contributed by atoms with E-state index in [1.54, 1.807) is 7.11 Å². The second kappa shape index (κ2) is 7.44. The van der Waals surface area contributed by atoms with E-state index in [1.807, 2.05) is 36.4 Å². The lowest BCUT2D eigenvalue weighted by Crippen LogP contribution is -2.53. The third-order valence-corrected chi connectivity index (χ3v) is 5.20. The lowest BCUT2D eigenvalue weighted by atomic mass is 9.98. The molecule has 0 radical (unpaired) electrons. The molecular formula is C21H28N2O2. The van der Waals surface area contributed by atoms with Gasteiger partial charge in [-0.25, -0.2) is 0 Å². The van der Waals surface area contributed by atoms with E-state index < -0.39 is 0 Å². The zero-order valence-electron chi connectivity index (χ0n) is 15.5. The average molecular weight is 340 g/mol. The number of likely N-dealkylation sites (tertiary alicyclic amines) is 1. The fraction of sp³-hybridized carbons (Fsp3) is 0.476. The summed E-state index contributed by atoms with van der Waals surface area (Å²) in [5.74, 6) is 0.816. The minimum absolute atomic E-state index is 0.0113. The number of nitrogens with zero attached hydrogens (tertiary/aromatic N) is 1. The van der Waals surface area contributed by atoms with Crippen LogP contribution in [0.5, 0.6) is 5.75 Å². The number of ether oxygens (including phenoxy) is 1. The van der Waals surface area contributed by atoms with E-state index in [0.717, 1.165) is 29.6 Å². The van der Waals surface area contributed by atoms with Gasteiger partial charge in [0.2, 0.25) is 0 Å². The summed E-state index contributed by atoms with van der Waals surface area (Å²) in [7, 11) is 1.66. The van der Waals surface area contributed by atoms with Crippen LogP contribution in [-0.2, 0) is 0 Å². The number of amides is 1. The summed E-state index contributed by atoms with van der Waals surface area (Å²) in [5.41, 5.74) is 0.687. The maximum atomic E-state index is 12.6. The number of fused-ring (bicyclic) bond motifs is 1. The van der Waals surface area contributed by atoms with Crippen LogP contribution in [0.4, 0.5) is 0 Å². The second-order valence-electron chi connectivity index (χ2n) is 7.47. The van der Waals surface area contributed by atoms with Crippen molar-refractivity contribution in [1.82, 2.24) is 10.2 Å². The molecule has 0 atom stereocenters. The first-order chi connectivity index (χ1) is 12.0. The van der Waals surface area contributed by atoms with Gasteiger partial charge in [0, 0.05) is 17.6 Å². The van der Waals surface area contributed by atoms with Crippen molar-refractivity contribution in [2.24, 2.45) is 0 Å². The normalized spacial score (nSPS) is 16.0. The zero-order valence-corrected chi connectivity index (χ0v) is 15.5. The highest BCUT2D eigenvalue weighted by Crippen LogP contribution is 2.23. The molecule has 3 rings (SSSR count). The predicted octanol–water partition coefficient (Wildman–Crippen LogP) is 3.84. The first kappa shape index (κ1) is 17.7. The molecule has 2 aromatic rings. The summed E-state index contributed by atoms with van der Waals surface area (Å²) in [6.07, 6.45) is 3.83. The van der Waals surface area contributed by atoms with Crippen molar-refractivity contribution in [1.29, 1.82) is 0 Å². The molecule has 0 saturated carbocycles. The number of piperidine rings is 1. The Labute approximate surface area is 150 Å². The van der Waals surface area contributed by atoms with Crippen molar-refractivity contribution in [2.75, 3.05) is 26.7 Å². The topological polar surface area (TPSA) is 41.6 Å². The van der Waals surface area contributed by atoms with Gasteiger partial charge < -0.3 is 10.1 Å². The molecule has 25 heavy (non-hydrogen) atoms. The predicted molar refractivity (Wildman–Crippen MR) is 102 cm³/mol. The molecule has 0 unspecified atom stereocenters. The van der Waals surface area contributed by atoms with Crippen molar-refractivity contribution in [3.63, 3.8) is 0 Å². The Kier molecular flexibility index (Phi) is 5.28. The van der Waals surface area contributed by atoms with E-state index in [-0.39, 0.29) is 11.4 Å². The number of methoxy groups -OCH3 is 1. The third-order valence-electron chi connectivity index (χ3n) is 5.20. The van der Waals surface area contributed by atoms with Crippen LogP contribution in [0.2, 0.25) is 0 Å². The van der Waals surface area contributed by atoms with Gasteiger partial charge in [-0.3, -0.25) is 9.69 Å². The fourth-order valence-electron chi connectivity index (χ4n) is 3.50. The summed E-state index contributed by atoms with van der Waals surface area (Å²) < 4.78 is 5.25. The molecule has 0 aromatic heterocycles. The quantitative estimate of drug-likeness (QED) is 0.899. The number of carbonyl (C=O) groups is 1. The fourth-order valence-corrected chi connectivity index (χ4v) is 3.50. The first-order valence-electron chi connectivity index (χ1n) is 9.11. The van der Waals surface area contributed by atoms with Gasteiger partial charge in [-0.2, -0.15) is 0 Å². The molecule has 0 bridgehead atoms. The molecule has 0 aliphatic carbocycles.